The number of hydrogen-bond donors (Lipinski definition) is 4. The molecule has 4 N–H and O–H groups in total. The molecule has 0 amide bonds. The van der Waals surface area contributed by atoms with Gasteiger partial charge >= 0.3 is 45.8 Å². The Kier molecular flexibility index (Phi) is 144. The third-order valence-corrected chi connectivity index (χ3v) is 2.00. The molecule has 2 radical (unpaired) electrons. The topological polar surface area (TPSA) is 171 Å². The summed E-state index contributed by atoms with van der Waals surface area (Å²) in [5.74, 6) is -1.67. The van der Waals surface area contributed by atoms with Crippen LogP contribution in [0.2, 0.25) is 0 Å². The fourth-order valence-corrected chi connectivity index (χ4v) is 0.581. The number of nitroso groups, excluding NO2 is 1. The maximum absolute atomic E-state index is 9.22. The molecule has 1 atom stereocenters. The van der Waals surface area contributed by atoms with Crippen LogP contribution in [0.3, 0.4) is 0 Å². The Balaban J connectivity index is -0.0000000229. The van der Waals surface area contributed by atoms with Gasteiger partial charge in [0, 0.05) is 41.4 Å². The van der Waals surface area contributed by atoms with Crippen molar-refractivity contribution in [1.82, 2.24) is 0 Å². The second kappa shape index (κ2) is 70.4. The summed E-state index contributed by atoms with van der Waals surface area (Å²) in [6.45, 7) is 4.17. The standard InChI is InChI=1S/2C2H4O2.CH6NOPSi.CH4O.2Al.H2O2.O.Pd/c2*1-2(3)4;1-4-5-2-3;1-2;;;1-2;;/h2*1H3,(H,3,4);4H,5H2,1H3;2H,1H3;;;1-2H;;/q;;;;;+2;;;/p-1. The molecule has 0 fully saturated rings. The number of aliphatic hydroxyl groups is 1. The Labute approximate surface area is 157 Å². The van der Waals surface area contributed by atoms with E-state index < -0.39 is 21.3 Å². The molecule has 0 aliphatic carbocycles. The molecular formula is C6H19Al2NO9PPdSi+. The largest absolute Gasteiger partial charge is 0 e. The molecule has 0 aliphatic rings. The number of aliphatic carboxylic acids is 2. The van der Waals surface area contributed by atoms with E-state index in [0.717, 1.165) is 29.1 Å². The molecule has 0 aromatic rings. The summed E-state index contributed by atoms with van der Waals surface area (Å²) >= 11 is 2.80. The molecule has 126 valence electrons. The zero-order chi connectivity index (χ0) is 18.0. The normalized spacial score (nSPS) is 6.48. The summed E-state index contributed by atoms with van der Waals surface area (Å²) < 4.78 is 11.3. The zero-order valence-corrected chi connectivity index (χ0v) is 18.2. The van der Waals surface area contributed by atoms with Gasteiger partial charge in [-0.15, -0.1) is 13.0 Å². The first-order chi connectivity index (χ1) is 9.29. The van der Waals surface area contributed by atoms with Crippen molar-refractivity contribution in [1.29, 1.82) is 0 Å². The quantitative estimate of drug-likeness (QED) is 0.129. The van der Waals surface area contributed by atoms with Gasteiger partial charge in [-0.3, -0.25) is 9.59 Å². The van der Waals surface area contributed by atoms with E-state index >= 15 is 0 Å². The fourth-order valence-electron chi connectivity index (χ4n) is 0.0645. The average Bonchev–Trinajstić information content (AvgIpc) is 2.35. The molecule has 21 heavy (non-hydrogen) atoms. The molecule has 0 bridgehead atoms. The number of hydrogen-bond acceptors (Lipinski definition) is 8. The molecular weight excluding hydrogens is 450 g/mol. The summed E-state index contributed by atoms with van der Waals surface area (Å²) in [6, 6.07) is 0. The molecule has 0 aromatic heterocycles. The Bertz CT molecular complexity index is 178. The van der Waals surface area contributed by atoms with Gasteiger partial charge in [-0.25, -0.2) is 0 Å². The first-order valence-electron chi connectivity index (χ1n) is 4.31. The molecule has 0 aromatic carbocycles. The van der Waals surface area contributed by atoms with Gasteiger partial charge in [-0.05, 0) is 6.66 Å². The number of aliphatic hydroxyl groups excluding tert-OH is 1. The first-order valence-corrected chi connectivity index (χ1v) is 9.71. The van der Waals surface area contributed by atoms with Crippen molar-refractivity contribution in [3.63, 3.8) is 0 Å². The Morgan fingerprint density at radius 3 is 1.33 bits per heavy atom. The average molecular weight is 469 g/mol. The van der Waals surface area contributed by atoms with Crippen LogP contribution in [0.5, 0.6) is 0 Å². The van der Waals surface area contributed by atoms with Gasteiger partial charge in [0.15, 0.2) is 0 Å². The molecule has 0 heterocycles. The summed E-state index contributed by atoms with van der Waals surface area (Å²) in [7, 11) is 1.35. The Hall–Kier alpha value is 0.594. The molecule has 15 heteroatoms. The van der Waals surface area contributed by atoms with Gasteiger partial charge < -0.3 is 15.3 Å². The summed E-state index contributed by atoms with van der Waals surface area (Å²) in [5, 5.41) is 28.9. The second-order valence-electron chi connectivity index (χ2n) is 1.78. The van der Waals surface area contributed by atoms with Crippen molar-refractivity contribution in [2.45, 2.75) is 13.8 Å². The van der Waals surface area contributed by atoms with Gasteiger partial charge in [0.25, 0.3) is 11.9 Å². The molecule has 0 aliphatic heterocycles. The van der Waals surface area contributed by atoms with Crippen LogP contribution in [0, 0.1) is 4.91 Å². The van der Waals surface area contributed by atoms with E-state index in [9.17, 15) is 4.91 Å². The Morgan fingerprint density at radius 1 is 1.19 bits per heavy atom. The smallest absolute Gasteiger partial charge is 0 e. The van der Waals surface area contributed by atoms with Gasteiger partial charge in [0.05, 0.1) is 0 Å². The third kappa shape index (κ3) is 1060. The van der Waals surface area contributed by atoms with E-state index in [0.29, 0.717) is 0 Å². The molecule has 0 spiro atoms. The van der Waals surface area contributed by atoms with Gasteiger partial charge in [-0.2, -0.15) is 4.91 Å². The van der Waals surface area contributed by atoms with Crippen molar-refractivity contribution in [3.8, 4) is 0 Å². The van der Waals surface area contributed by atoms with Crippen LogP contribution < -0.4 is 0 Å². The first kappa shape index (κ1) is 43.0. The van der Waals surface area contributed by atoms with Crippen LogP contribution in [-0.4, -0.2) is 88.5 Å². The van der Waals surface area contributed by atoms with Crippen molar-refractivity contribution in [2.75, 3.05) is 13.8 Å². The minimum Gasteiger partial charge on any atom is 0 e. The van der Waals surface area contributed by atoms with Crippen LogP contribution in [0.15, 0.2) is 4.84 Å². The molecule has 0 rings (SSSR count). The predicted octanol–water partition coefficient (Wildman–Crippen LogP) is -1.09. The van der Waals surface area contributed by atoms with Gasteiger partial charge in [-0.1, -0.05) is 0 Å². The molecule has 10 nitrogen and oxygen atoms in total. The van der Waals surface area contributed by atoms with E-state index in [1.807, 2.05) is 6.66 Å². The Morgan fingerprint density at radius 2 is 1.33 bits per heavy atom. The summed E-state index contributed by atoms with van der Waals surface area (Å²) in [6.07, 6.45) is 0. The van der Waals surface area contributed by atoms with Gasteiger partial charge in [0.1, 0.15) is 0 Å². The van der Waals surface area contributed by atoms with Crippen LogP contribution >= 0.6 is 8.13 Å². The maximum atomic E-state index is 9.22. The predicted molar refractivity (Wildman–Crippen MR) is 79.2 cm³/mol. The number of rotatable bonds is 2. The SMILES string of the molecule is CC(=O)O.CC(=O)O.CO.CP[SiH2]N=O.O[O][Al+].[O]=[Al].[Pd]. The van der Waals surface area contributed by atoms with Crippen LogP contribution in [0.25, 0.3) is 0 Å². The van der Waals surface area contributed by atoms with E-state index in [1.54, 1.807) is 16.6 Å². The minimum atomic E-state index is -0.833. The second-order valence-corrected chi connectivity index (χ2v) is 6.35. The minimum absolute atomic E-state index is 0. The molecule has 1 unspecified atom stereocenters. The monoisotopic (exact) mass is 468 g/mol. The number of carboxylic acids is 2. The summed E-state index contributed by atoms with van der Waals surface area (Å²) in [4.78, 5) is 30.0. The van der Waals surface area contributed by atoms with Crippen molar-refractivity contribution in [3.05, 3.63) is 4.91 Å². The maximum Gasteiger partial charge on any atom is 0 e. The van der Waals surface area contributed by atoms with E-state index in [4.69, 9.17) is 34.0 Å². The molecule has 0 saturated carbocycles. The number of carboxylic acid groups (broad SMARTS) is 2. The van der Waals surface area contributed by atoms with Crippen LogP contribution in [0.4, 0.5) is 0 Å². The van der Waals surface area contributed by atoms with Crippen LogP contribution in [0.1, 0.15) is 13.8 Å². The van der Waals surface area contributed by atoms with Gasteiger partial charge in [0.2, 0.25) is 9.35 Å². The van der Waals surface area contributed by atoms with Crippen molar-refractivity contribution >= 4 is 62.3 Å². The van der Waals surface area contributed by atoms with Crippen molar-refractivity contribution < 1.29 is 58.3 Å². The number of carbonyl (C=O) groups is 2. The molecule has 0 saturated heterocycles. The van der Waals surface area contributed by atoms with E-state index in [2.05, 4.69) is 8.78 Å². The fraction of sp³-hybridized carbons (Fsp3) is 0.667. The van der Waals surface area contributed by atoms with E-state index in [-0.39, 0.29) is 20.4 Å². The third-order valence-electron chi connectivity index (χ3n) is 0.223. The van der Waals surface area contributed by atoms with E-state index in [1.165, 1.54) is 16.2 Å². The summed E-state index contributed by atoms with van der Waals surface area (Å²) in [5.41, 5.74) is 0. The zero-order valence-electron chi connectivity index (χ0n) is 12.0. The van der Waals surface area contributed by atoms with Crippen LogP contribution in [-0.2, 0) is 37.8 Å². The van der Waals surface area contributed by atoms with Crippen molar-refractivity contribution in [2.24, 2.45) is 4.84 Å². The number of nitrogens with zero attached hydrogens (tertiary/aromatic N) is 1.